The van der Waals surface area contributed by atoms with Gasteiger partial charge in [-0.25, -0.2) is 0 Å². The Morgan fingerprint density at radius 2 is 1.95 bits per heavy atom. The van der Waals surface area contributed by atoms with Gasteiger partial charge >= 0.3 is 5.97 Å². The summed E-state index contributed by atoms with van der Waals surface area (Å²) in [7, 11) is 0. The number of carboxylic acid groups (broad SMARTS) is 1. The van der Waals surface area contributed by atoms with E-state index in [9.17, 15) is 19.5 Å². The minimum atomic E-state index is -0.913. The fraction of sp³-hybridized carbons (Fsp3) is 0.615. The number of carbonyl (C=O) groups is 3. The Morgan fingerprint density at radius 3 is 2.53 bits per heavy atom. The van der Waals surface area contributed by atoms with Gasteiger partial charge in [0.25, 0.3) is 0 Å². The minimum absolute atomic E-state index is 0.00950. The Hall–Kier alpha value is -1.30. The molecule has 5 atom stereocenters. The largest absolute Gasteiger partial charge is 0.481 e. The lowest BCUT2D eigenvalue weighted by Gasteiger charge is -2.25. The number of aliphatic carboxylic acids is 1. The Labute approximate surface area is 114 Å². The average Bonchev–Trinajstić information content (AvgIpc) is 3.04. The van der Waals surface area contributed by atoms with Crippen LogP contribution in [0.4, 0.5) is 0 Å². The van der Waals surface area contributed by atoms with E-state index in [0.29, 0.717) is 6.42 Å². The number of nitrogens with one attached hydrogen (secondary N) is 1. The van der Waals surface area contributed by atoms with Crippen molar-refractivity contribution in [1.82, 2.24) is 5.32 Å². The lowest BCUT2D eigenvalue weighted by Crippen LogP contribution is -2.45. The molecular weight excluding hydrogens is 266 g/mol. The van der Waals surface area contributed by atoms with E-state index in [1.807, 2.05) is 12.2 Å². The molecule has 2 N–H and O–H groups in total. The molecule has 0 spiro atoms. The molecule has 1 heterocycles. The van der Waals surface area contributed by atoms with Crippen molar-refractivity contribution in [2.75, 3.05) is 5.75 Å². The highest BCUT2D eigenvalue weighted by Crippen LogP contribution is 2.48. The standard InChI is InChI=1S/C13H15NO4S/c15-11(14-8-3-4-19-13(8)18)9-6-1-2-7(5-6)10(9)12(16)17/h1-2,6-10H,3-5H2,(H,14,15)(H,16,17)/t6-,7+,8+,9-,10+/m0/s1. The summed E-state index contributed by atoms with van der Waals surface area (Å²) in [5.74, 6) is -1.65. The van der Waals surface area contributed by atoms with Gasteiger partial charge in [0.1, 0.15) is 0 Å². The molecule has 2 fully saturated rings. The van der Waals surface area contributed by atoms with E-state index in [1.54, 1.807) is 0 Å². The first-order valence-corrected chi connectivity index (χ1v) is 7.44. The van der Waals surface area contributed by atoms with Crippen molar-refractivity contribution in [2.45, 2.75) is 18.9 Å². The average molecular weight is 281 g/mol. The molecule has 2 bridgehead atoms. The summed E-state index contributed by atoms with van der Waals surface area (Å²) in [4.78, 5) is 35.1. The molecule has 0 radical (unpaired) electrons. The Balaban J connectivity index is 1.73. The molecule has 0 aromatic heterocycles. The Bertz CT molecular complexity index is 475. The van der Waals surface area contributed by atoms with Crippen molar-refractivity contribution in [2.24, 2.45) is 23.7 Å². The number of amides is 1. The molecule has 0 aromatic carbocycles. The molecule has 3 aliphatic rings. The maximum Gasteiger partial charge on any atom is 0.307 e. The minimum Gasteiger partial charge on any atom is -0.481 e. The summed E-state index contributed by atoms with van der Waals surface area (Å²) in [6.07, 6.45) is 5.23. The maximum absolute atomic E-state index is 12.3. The predicted molar refractivity (Wildman–Crippen MR) is 69.4 cm³/mol. The first kappa shape index (κ1) is 12.7. The monoisotopic (exact) mass is 281 g/mol. The van der Waals surface area contributed by atoms with Gasteiger partial charge in [0.2, 0.25) is 11.0 Å². The molecule has 19 heavy (non-hydrogen) atoms. The zero-order chi connectivity index (χ0) is 13.6. The molecule has 0 aromatic rings. The highest BCUT2D eigenvalue weighted by molar-refractivity contribution is 8.14. The van der Waals surface area contributed by atoms with Gasteiger partial charge in [-0.15, -0.1) is 0 Å². The Morgan fingerprint density at radius 1 is 1.26 bits per heavy atom. The van der Waals surface area contributed by atoms with E-state index in [2.05, 4.69) is 5.32 Å². The number of carbonyl (C=O) groups excluding carboxylic acids is 2. The van der Waals surface area contributed by atoms with Gasteiger partial charge in [-0.05, 0) is 24.7 Å². The number of hydrogen-bond donors (Lipinski definition) is 2. The van der Waals surface area contributed by atoms with Crippen LogP contribution in [-0.2, 0) is 14.4 Å². The van der Waals surface area contributed by atoms with Gasteiger partial charge in [-0.3, -0.25) is 14.4 Å². The Kier molecular flexibility index (Phi) is 3.12. The van der Waals surface area contributed by atoms with Crippen molar-refractivity contribution < 1.29 is 19.5 Å². The molecular formula is C13H15NO4S. The van der Waals surface area contributed by atoms with E-state index < -0.39 is 23.8 Å². The van der Waals surface area contributed by atoms with Crippen LogP contribution in [0, 0.1) is 23.7 Å². The lowest BCUT2D eigenvalue weighted by molar-refractivity contribution is -0.148. The fourth-order valence-corrected chi connectivity index (χ4v) is 4.34. The third-order valence-electron chi connectivity index (χ3n) is 4.30. The van der Waals surface area contributed by atoms with Gasteiger partial charge in [0.15, 0.2) is 0 Å². The summed E-state index contributed by atoms with van der Waals surface area (Å²) in [5, 5.41) is 12.0. The number of fused-ring (bicyclic) bond motifs is 2. The smallest absolute Gasteiger partial charge is 0.307 e. The SMILES string of the molecule is O=C(N[C@@H]1CCSC1=O)[C@@H]1[C@H](C(=O)O)[C@@H]2C=C[C@H]1C2. The summed E-state index contributed by atoms with van der Waals surface area (Å²) in [6.45, 7) is 0. The number of rotatable bonds is 3. The van der Waals surface area contributed by atoms with Crippen LogP contribution in [0.2, 0.25) is 0 Å². The number of allylic oxidation sites excluding steroid dienone is 2. The molecule has 0 unspecified atom stereocenters. The topological polar surface area (TPSA) is 83.5 Å². The van der Waals surface area contributed by atoms with Crippen LogP contribution in [-0.4, -0.2) is 33.9 Å². The van der Waals surface area contributed by atoms with Crippen LogP contribution in [0.25, 0.3) is 0 Å². The highest BCUT2D eigenvalue weighted by atomic mass is 32.2. The normalized spacial score (nSPS) is 39.8. The summed E-state index contributed by atoms with van der Waals surface area (Å²) in [6, 6.07) is -0.435. The van der Waals surface area contributed by atoms with E-state index >= 15 is 0 Å². The molecule has 102 valence electrons. The quantitative estimate of drug-likeness (QED) is 0.742. The van der Waals surface area contributed by atoms with Gasteiger partial charge in [-0.1, -0.05) is 23.9 Å². The number of carboxylic acids is 1. The summed E-state index contributed by atoms with van der Waals surface area (Å²) >= 11 is 1.23. The van der Waals surface area contributed by atoms with Crippen LogP contribution in [0.1, 0.15) is 12.8 Å². The van der Waals surface area contributed by atoms with Gasteiger partial charge in [-0.2, -0.15) is 0 Å². The lowest BCUT2D eigenvalue weighted by atomic mass is 9.82. The first-order valence-electron chi connectivity index (χ1n) is 6.46. The van der Waals surface area contributed by atoms with E-state index in [4.69, 9.17) is 0 Å². The second-order valence-electron chi connectivity index (χ2n) is 5.36. The van der Waals surface area contributed by atoms with Crippen molar-refractivity contribution in [3.8, 4) is 0 Å². The fourth-order valence-electron chi connectivity index (χ4n) is 3.41. The van der Waals surface area contributed by atoms with Crippen molar-refractivity contribution in [3.63, 3.8) is 0 Å². The van der Waals surface area contributed by atoms with Crippen molar-refractivity contribution in [3.05, 3.63) is 12.2 Å². The van der Waals surface area contributed by atoms with Crippen LogP contribution in [0.5, 0.6) is 0 Å². The predicted octanol–water partition coefficient (Wildman–Crippen LogP) is 0.658. The van der Waals surface area contributed by atoms with Gasteiger partial charge in [0.05, 0.1) is 17.9 Å². The van der Waals surface area contributed by atoms with Crippen LogP contribution in [0.3, 0.4) is 0 Å². The maximum atomic E-state index is 12.3. The van der Waals surface area contributed by atoms with Crippen LogP contribution in [0.15, 0.2) is 12.2 Å². The van der Waals surface area contributed by atoms with Crippen molar-refractivity contribution >= 4 is 28.8 Å². The number of hydrogen-bond acceptors (Lipinski definition) is 4. The van der Waals surface area contributed by atoms with Crippen molar-refractivity contribution in [1.29, 1.82) is 0 Å². The molecule has 1 saturated carbocycles. The van der Waals surface area contributed by atoms with Crippen LogP contribution < -0.4 is 5.32 Å². The summed E-state index contributed by atoms with van der Waals surface area (Å²) < 4.78 is 0. The molecule has 2 aliphatic carbocycles. The second kappa shape index (κ2) is 4.67. The third kappa shape index (κ3) is 2.08. The van der Waals surface area contributed by atoms with E-state index in [1.165, 1.54) is 11.8 Å². The molecule has 1 amide bonds. The zero-order valence-electron chi connectivity index (χ0n) is 10.2. The first-order chi connectivity index (χ1) is 9.08. The second-order valence-corrected chi connectivity index (χ2v) is 6.45. The molecule has 1 saturated heterocycles. The third-order valence-corrected chi connectivity index (χ3v) is 5.31. The number of thioether (sulfide) groups is 1. The summed E-state index contributed by atoms with van der Waals surface area (Å²) in [5.41, 5.74) is 0. The van der Waals surface area contributed by atoms with Gasteiger partial charge in [0, 0.05) is 5.75 Å². The van der Waals surface area contributed by atoms with Gasteiger partial charge < -0.3 is 10.4 Å². The molecule has 1 aliphatic heterocycles. The molecule has 3 rings (SSSR count). The van der Waals surface area contributed by atoms with E-state index in [-0.39, 0.29) is 22.9 Å². The molecule has 6 heteroatoms. The zero-order valence-corrected chi connectivity index (χ0v) is 11.1. The van der Waals surface area contributed by atoms with E-state index in [0.717, 1.165) is 12.2 Å². The highest BCUT2D eigenvalue weighted by Gasteiger charge is 2.52. The molecule has 5 nitrogen and oxygen atoms in total. The van der Waals surface area contributed by atoms with Crippen LogP contribution >= 0.6 is 11.8 Å².